The molecular formula is C13H20FN5. The van der Waals surface area contributed by atoms with E-state index in [1.807, 2.05) is 0 Å². The van der Waals surface area contributed by atoms with E-state index in [4.69, 9.17) is 0 Å². The minimum atomic E-state index is -0.756. The predicted molar refractivity (Wildman–Crippen MR) is 73.3 cm³/mol. The van der Waals surface area contributed by atoms with E-state index in [1.165, 1.54) is 6.33 Å². The Morgan fingerprint density at radius 3 is 2.68 bits per heavy atom. The lowest BCUT2D eigenvalue weighted by molar-refractivity contribution is 0.378. The van der Waals surface area contributed by atoms with Crippen LogP contribution in [0.15, 0.2) is 6.33 Å². The summed E-state index contributed by atoms with van der Waals surface area (Å²) in [5.41, 5.74) is 0.997. The molecule has 2 heterocycles. The third-order valence-corrected chi connectivity index (χ3v) is 3.54. The Hall–Kier alpha value is -1.72. The van der Waals surface area contributed by atoms with Gasteiger partial charge in [-0.25, -0.2) is 4.98 Å². The number of aromatic nitrogens is 4. The standard InChI is InChI=1S/C13H20FN5/c1-5-8(4)9(7(2)3)17-12-10-11(16-6-15-10)18-13(14)19-12/h6-9H,5H2,1-4H3,(H2,15,16,17,18,19). The molecule has 6 heteroatoms. The molecule has 0 saturated heterocycles. The average Bonchev–Trinajstić information content (AvgIpc) is 2.82. The Morgan fingerprint density at radius 2 is 2.05 bits per heavy atom. The molecule has 5 nitrogen and oxygen atoms in total. The van der Waals surface area contributed by atoms with Crippen molar-refractivity contribution in [3.63, 3.8) is 0 Å². The van der Waals surface area contributed by atoms with Crippen LogP contribution in [0.1, 0.15) is 34.1 Å². The summed E-state index contributed by atoms with van der Waals surface area (Å²) in [5.74, 6) is 1.38. The lowest BCUT2D eigenvalue weighted by atomic mass is 9.90. The molecule has 2 unspecified atom stereocenters. The highest BCUT2D eigenvalue weighted by Crippen LogP contribution is 2.23. The highest BCUT2D eigenvalue weighted by atomic mass is 19.1. The number of anilines is 1. The molecular weight excluding hydrogens is 245 g/mol. The lowest BCUT2D eigenvalue weighted by Gasteiger charge is -2.28. The predicted octanol–water partition coefficient (Wildman–Crippen LogP) is 2.97. The van der Waals surface area contributed by atoms with Crippen LogP contribution in [0.3, 0.4) is 0 Å². The lowest BCUT2D eigenvalue weighted by Crippen LogP contribution is -2.33. The van der Waals surface area contributed by atoms with Crippen molar-refractivity contribution in [2.45, 2.75) is 40.2 Å². The molecule has 2 N–H and O–H groups in total. The van der Waals surface area contributed by atoms with Crippen LogP contribution in [-0.4, -0.2) is 26.0 Å². The zero-order valence-corrected chi connectivity index (χ0v) is 11.7. The normalized spacial score (nSPS) is 14.8. The molecule has 0 aliphatic rings. The third-order valence-electron chi connectivity index (χ3n) is 3.54. The number of hydrogen-bond donors (Lipinski definition) is 2. The molecule has 0 aliphatic carbocycles. The maximum atomic E-state index is 13.4. The second kappa shape index (κ2) is 5.50. The van der Waals surface area contributed by atoms with Crippen molar-refractivity contribution in [2.75, 3.05) is 5.32 Å². The van der Waals surface area contributed by atoms with Crippen LogP contribution in [0.5, 0.6) is 0 Å². The fraction of sp³-hybridized carbons (Fsp3) is 0.615. The van der Waals surface area contributed by atoms with Gasteiger partial charge in [0.15, 0.2) is 11.5 Å². The number of nitrogens with zero attached hydrogens (tertiary/aromatic N) is 3. The van der Waals surface area contributed by atoms with Gasteiger partial charge in [-0.1, -0.05) is 34.1 Å². The van der Waals surface area contributed by atoms with Crippen LogP contribution < -0.4 is 5.32 Å². The molecule has 0 fully saturated rings. The van der Waals surface area contributed by atoms with E-state index < -0.39 is 6.08 Å². The number of fused-ring (bicyclic) bond motifs is 1. The van der Waals surface area contributed by atoms with Gasteiger partial charge in [0.05, 0.1) is 6.33 Å². The maximum absolute atomic E-state index is 13.4. The Bertz CT molecular complexity index is 551. The number of imidazole rings is 1. The molecule has 2 aromatic rings. The molecule has 0 amide bonds. The van der Waals surface area contributed by atoms with Crippen molar-refractivity contribution < 1.29 is 4.39 Å². The van der Waals surface area contributed by atoms with Crippen molar-refractivity contribution in [1.29, 1.82) is 0 Å². The molecule has 0 radical (unpaired) electrons. The van der Waals surface area contributed by atoms with Gasteiger partial charge in [-0.15, -0.1) is 0 Å². The summed E-state index contributed by atoms with van der Waals surface area (Å²) in [6, 6.07) is 0.228. The summed E-state index contributed by atoms with van der Waals surface area (Å²) in [6.07, 6.45) is 1.79. The number of nitrogens with one attached hydrogen (secondary N) is 2. The van der Waals surface area contributed by atoms with Crippen LogP contribution in [-0.2, 0) is 0 Å². The molecule has 2 rings (SSSR count). The van der Waals surface area contributed by atoms with Gasteiger partial charge in [0, 0.05) is 6.04 Å². The van der Waals surface area contributed by atoms with Gasteiger partial charge in [-0.05, 0) is 11.8 Å². The highest BCUT2D eigenvalue weighted by Gasteiger charge is 2.21. The largest absolute Gasteiger partial charge is 0.365 e. The number of hydrogen-bond acceptors (Lipinski definition) is 4. The van der Waals surface area contributed by atoms with Crippen LogP contribution in [0, 0.1) is 17.9 Å². The average molecular weight is 265 g/mol. The molecule has 0 bridgehead atoms. The first-order valence-electron chi connectivity index (χ1n) is 6.66. The Morgan fingerprint density at radius 1 is 1.32 bits per heavy atom. The summed E-state index contributed by atoms with van der Waals surface area (Å²) < 4.78 is 13.4. The molecule has 0 aliphatic heterocycles. The van der Waals surface area contributed by atoms with E-state index in [1.54, 1.807) is 0 Å². The first kappa shape index (κ1) is 13.7. The molecule has 2 atom stereocenters. The van der Waals surface area contributed by atoms with E-state index in [9.17, 15) is 4.39 Å². The van der Waals surface area contributed by atoms with E-state index in [0.717, 1.165) is 6.42 Å². The summed E-state index contributed by atoms with van der Waals surface area (Å²) in [7, 11) is 0. The van der Waals surface area contributed by atoms with Crippen LogP contribution in [0.4, 0.5) is 10.2 Å². The second-order valence-corrected chi connectivity index (χ2v) is 5.24. The van der Waals surface area contributed by atoms with E-state index in [-0.39, 0.29) is 6.04 Å². The van der Waals surface area contributed by atoms with Gasteiger partial charge in [0.25, 0.3) is 0 Å². The van der Waals surface area contributed by atoms with Crippen molar-refractivity contribution in [2.24, 2.45) is 11.8 Å². The Balaban J connectivity index is 2.35. The molecule has 104 valence electrons. The smallest absolute Gasteiger partial charge is 0.312 e. The van der Waals surface area contributed by atoms with Gasteiger partial charge in [0.2, 0.25) is 0 Å². The van der Waals surface area contributed by atoms with Gasteiger partial charge in [-0.2, -0.15) is 14.4 Å². The van der Waals surface area contributed by atoms with Crippen LogP contribution in [0.25, 0.3) is 11.2 Å². The van der Waals surface area contributed by atoms with Crippen molar-refractivity contribution >= 4 is 17.0 Å². The minimum Gasteiger partial charge on any atom is -0.365 e. The SMILES string of the molecule is CCC(C)C(Nc1nc(F)nc2nc[nH]c12)C(C)C. The summed E-state index contributed by atoms with van der Waals surface area (Å²) in [6.45, 7) is 8.62. The van der Waals surface area contributed by atoms with Gasteiger partial charge in [0.1, 0.15) is 5.52 Å². The zero-order chi connectivity index (χ0) is 14.0. The monoisotopic (exact) mass is 265 g/mol. The number of H-pyrrole nitrogens is 1. The van der Waals surface area contributed by atoms with Gasteiger partial charge >= 0.3 is 6.08 Å². The fourth-order valence-electron chi connectivity index (χ4n) is 2.29. The summed E-state index contributed by atoms with van der Waals surface area (Å²) in [5, 5.41) is 3.34. The number of halogens is 1. The topological polar surface area (TPSA) is 66.5 Å². The Labute approximate surface area is 112 Å². The molecule has 0 saturated carbocycles. The van der Waals surface area contributed by atoms with Gasteiger partial charge in [-0.3, -0.25) is 0 Å². The number of rotatable bonds is 5. The third kappa shape index (κ3) is 2.83. The van der Waals surface area contributed by atoms with Crippen molar-refractivity contribution in [1.82, 2.24) is 19.9 Å². The van der Waals surface area contributed by atoms with Gasteiger partial charge < -0.3 is 10.3 Å². The van der Waals surface area contributed by atoms with E-state index in [0.29, 0.717) is 28.8 Å². The molecule has 0 aromatic carbocycles. The van der Waals surface area contributed by atoms with Crippen LogP contribution in [0.2, 0.25) is 0 Å². The molecule has 2 aromatic heterocycles. The molecule has 0 spiro atoms. The summed E-state index contributed by atoms with van der Waals surface area (Å²) >= 11 is 0. The second-order valence-electron chi connectivity index (χ2n) is 5.24. The highest BCUT2D eigenvalue weighted by molar-refractivity contribution is 5.82. The van der Waals surface area contributed by atoms with Crippen molar-refractivity contribution in [3.8, 4) is 0 Å². The van der Waals surface area contributed by atoms with E-state index >= 15 is 0 Å². The quantitative estimate of drug-likeness (QED) is 0.816. The maximum Gasteiger partial charge on any atom is 0.312 e. The van der Waals surface area contributed by atoms with E-state index in [2.05, 4.69) is 52.9 Å². The van der Waals surface area contributed by atoms with Crippen molar-refractivity contribution in [3.05, 3.63) is 12.4 Å². The number of aromatic amines is 1. The first-order valence-corrected chi connectivity index (χ1v) is 6.66. The van der Waals surface area contributed by atoms with Crippen LogP contribution >= 0.6 is 0 Å². The Kier molecular flexibility index (Phi) is 3.97. The fourth-order valence-corrected chi connectivity index (χ4v) is 2.29. The first-order chi connectivity index (χ1) is 9.02. The zero-order valence-electron chi connectivity index (χ0n) is 11.7. The molecule has 19 heavy (non-hydrogen) atoms. The minimum absolute atomic E-state index is 0.228. The summed E-state index contributed by atoms with van der Waals surface area (Å²) in [4.78, 5) is 14.4.